The molecule has 4 heterocycles. The normalized spacial score (nSPS) is 12.0. The van der Waals surface area contributed by atoms with Crippen molar-refractivity contribution >= 4 is 22.3 Å². The quantitative estimate of drug-likeness (QED) is 0.353. The number of carbonyl (C=O) groups excluding carboxylic acids is 1. The van der Waals surface area contributed by atoms with Crippen LogP contribution in [-0.4, -0.2) is 30.5 Å². The third-order valence-electron chi connectivity index (χ3n) is 4.89. The molecule has 164 valence electrons. The molecule has 0 aliphatic rings. The van der Waals surface area contributed by atoms with Gasteiger partial charge >= 0.3 is 5.97 Å². The van der Waals surface area contributed by atoms with Gasteiger partial charge in [-0.1, -0.05) is 35.5 Å². The Morgan fingerprint density at radius 2 is 2.03 bits per heavy atom. The molecular formula is C23H17N5O4S. The van der Waals surface area contributed by atoms with Crippen molar-refractivity contribution in [2.45, 2.75) is 19.4 Å². The first kappa shape index (κ1) is 20.7. The lowest BCUT2D eigenvalue weighted by molar-refractivity contribution is 0.0262. The minimum Gasteiger partial charge on any atom is -0.449 e. The minimum atomic E-state index is -0.855. The predicted molar refractivity (Wildman–Crippen MR) is 120 cm³/mol. The van der Waals surface area contributed by atoms with E-state index in [-0.39, 0.29) is 11.5 Å². The lowest BCUT2D eigenvalue weighted by atomic mass is 10.1. The molecule has 1 unspecified atom stereocenters. The van der Waals surface area contributed by atoms with E-state index in [1.54, 1.807) is 37.6 Å². The molecule has 0 aliphatic heterocycles. The summed E-state index contributed by atoms with van der Waals surface area (Å²) in [6.45, 7) is 1.59. The van der Waals surface area contributed by atoms with E-state index in [2.05, 4.69) is 20.1 Å². The highest BCUT2D eigenvalue weighted by Crippen LogP contribution is 2.22. The fraction of sp³-hybridized carbons (Fsp3) is 0.130. The number of rotatable bonds is 6. The number of thiazole rings is 1. The lowest BCUT2D eigenvalue weighted by Gasteiger charge is -2.08. The van der Waals surface area contributed by atoms with Crippen LogP contribution in [0.4, 0.5) is 0 Å². The first-order chi connectivity index (χ1) is 16.1. The zero-order chi connectivity index (χ0) is 22.8. The standard InChI is InChI=1S/C23H17N5O4S/c1-14(20-26-19(27-32-20)16-8-5-9-24-11-16)31-22(30)18-12-25-23-28(21(18)29)13-17(33-23)10-15-6-3-2-4-7-15/h2-9,11-14H,10H2,1H3. The Morgan fingerprint density at radius 1 is 1.18 bits per heavy atom. The number of fused-ring (bicyclic) bond motifs is 1. The number of hydrogen-bond acceptors (Lipinski definition) is 9. The molecule has 0 aliphatic carbocycles. The van der Waals surface area contributed by atoms with E-state index >= 15 is 0 Å². The second-order valence-electron chi connectivity index (χ2n) is 7.23. The first-order valence-corrected chi connectivity index (χ1v) is 10.9. The molecule has 0 spiro atoms. The van der Waals surface area contributed by atoms with Crippen LogP contribution < -0.4 is 5.56 Å². The highest BCUT2D eigenvalue weighted by atomic mass is 32.1. The van der Waals surface area contributed by atoms with Crippen LogP contribution in [-0.2, 0) is 11.2 Å². The molecule has 1 aromatic carbocycles. The van der Waals surface area contributed by atoms with Crippen LogP contribution in [0.15, 0.2) is 76.6 Å². The third kappa shape index (κ3) is 4.28. The molecular weight excluding hydrogens is 442 g/mol. The van der Waals surface area contributed by atoms with E-state index in [1.165, 1.54) is 21.9 Å². The maximum Gasteiger partial charge on any atom is 0.346 e. The summed E-state index contributed by atoms with van der Waals surface area (Å²) in [4.78, 5) is 39.6. The smallest absolute Gasteiger partial charge is 0.346 e. The summed E-state index contributed by atoms with van der Waals surface area (Å²) in [6, 6.07) is 13.4. The Morgan fingerprint density at radius 3 is 2.82 bits per heavy atom. The molecule has 0 saturated carbocycles. The van der Waals surface area contributed by atoms with Gasteiger partial charge in [0.1, 0.15) is 5.56 Å². The summed E-state index contributed by atoms with van der Waals surface area (Å²) in [7, 11) is 0. The van der Waals surface area contributed by atoms with Gasteiger partial charge in [-0.15, -0.1) is 11.3 Å². The molecule has 0 amide bonds. The number of esters is 1. The van der Waals surface area contributed by atoms with Crippen molar-refractivity contribution in [1.29, 1.82) is 0 Å². The number of pyridine rings is 1. The van der Waals surface area contributed by atoms with E-state index < -0.39 is 17.6 Å². The number of benzene rings is 1. The number of carbonyl (C=O) groups is 1. The number of aromatic nitrogens is 5. The van der Waals surface area contributed by atoms with Crippen molar-refractivity contribution < 1.29 is 14.1 Å². The second kappa shape index (κ2) is 8.75. The summed E-state index contributed by atoms with van der Waals surface area (Å²) in [6.07, 6.45) is 6.00. The van der Waals surface area contributed by atoms with Crippen LogP contribution in [0.5, 0.6) is 0 Å². The molecule has 0 saturated heterocycles. The number of nitrogens with zero attached hydrogens (tertiary/aromatic N) is 5. The molecule has 9 nitrogen and oxygen atoms in total. The minimum absolute atomic E-state index is 0.108. The zero-order valence-electron chi connectivity index (χ0n) is 17.4. The monoisotopic (exact) mass is 459 g/mol. The van der Waals surface area contributed by atoms with Gasteiger partial charge in [-0.2, -0.15) is 4.98 Å². The van der Waals surface area contributed by atoms with Crippen LogP contribution in [0.1, 0.15) is 39.7 Å². The molecule has 0 radical (unpaired) electrons. The van der Waals surface area contributed by atoms with E-state index in [1.807, 2.05) is 30.3 Å². The Hall–Kier alpha value is -4.18. The SMILES string of the molecule is CC(OC(=O)c1cnc2sc(Cc3ccccc3)cn2c1=O)c1nc(-c2cccnc2)no1. The van der Waals surface area contributed by atoms with Crippen molar-refractivity contribution in [3.63, 3.8) is 0 Å². The first-order valence-electron chi connectivity index (χ1n) is 10.1. The maximum absolute atomic E-state index is 12.9. The third-order valence-corrected chi connectivity index (χ3v) is 5.89. The van der Waals surface area contributed by atoms with Gasteiger partial charge in [0.2, 0.25) is 5.82 Å². The van der Waals surface area contributed by atoms with Gasteiger partial charge in [0.15, 0.2) is 11.1 Å². The van der Waals surface area contributed by atoms with Crippen molar-refractivity contribution in [3.05, 3.63) is 99.5 Å². The maximum atomic E-state index is 12.9. The molecule has 0 fully saturated rings. The van der Waals surface area contributed by atoms with Gasteiger partial charge in [0, 0.05) is 35.5 Å². The van der Waals surface area contributed by atoms with Crippen molar-refractivity contribution in [2.75, 3.05) is 0 Å². The number of hydrogen-bond donors (Lipinski definition) is 0. The fourth-order valence-electron chi connectivity index (χ4n) is 3.24. The molecule has 0 N–H and O–H groups in total. The Bertz CT molecular complexity index is 1480. The van der Waals surface area contributed by atoms with Crippen LogP contribution in [0.3, 0.4) is 0 Å². The summed E-state index contributed by atoms with van der Waals surface area (Å²) in [5.41, 5.74) is 1.13. The molecule has 5 aromatic rings. The largest absolute Gasteiger partial charge is 0.449 e. The molecule has 5 rings (SSSR count). The van der Waals surface area contributed by atoms with E-state index in [9.17, 15) is 9.59 Å². The average Bonchev–Trinajstić information content (AvgIpc) is 3.48. The van der Waals surface area contributed by atoms with Crippen molar-refractivity contribution in [2.24, 2.45) is 0 Å². The van der Waals surface area contributed by atoms with Gasteiger partial charge in [-0.3, -0.25) is 14.2 Å². The molecule has 4 aromatic heterocycles. The fourth-order valence-corrected chi connectivity index (χ4v) is 4.21. The Balaban J connectivity index is 1.34. The van der Waals surface area contributed by atoms with E-state index in [4.69, 9.17) is 9.26 Å². The van der Waals surface area contributed by atoms with Gasteiger partial charge in [-0.05, 0) is 24.6 Å². The van der Waals surface area contributed by atoms with Gasteiger partial charge in [-0.25, -0.2) is 9.78 Å². The van der Waals surface area contributed by atoms with Crippen LogP contribution in [0, 0.1) is 0 Å². The van der Waals surface area contributed by atoms with Crippen molar-refractivity contribution in [3.8, 4) is 11.4 Å². The van der Waals surface area contributed by atoms with E-state index in [0.29, 0.717) is 22.8 Å². The highest BCUT2D eigenvalue weighted by molar-refractivity contribution is 7.17. The zero-order valence-corrected chi connectivity index (χ0v) is 18.2. The lowest BCUT2D eigenvalue weighted by Crippen LogP contribution is -2.24. The topological polar surface area (TPSA) is 112 Å². The molecule has 1 atom stereocenters. The van der Waals surface area contributed by atoms with Crippen molar-refractivity contribution in [1.82, 2.24) is 24.5 Å². The van der Waals surface area contributed by atoms with Crippen LogP contribution >= 0.6 is 11.3 Å². The van der Waals surface area contributed by atoms with Crippen LogP contribution in [0.25, 0.3) is 16.3 Å². The Kier molecular flexibility index (Phi) is 5.49. The summed E-state index contributed by atoms with van der Waals surface area (Å²) < 4.78 is 12.0. The van der Waals surface area contributed by atoms with Gasteiger partial charge in [0.05, 0.1) is 6.20 Å². The summed E-state index contributed by atoms with van der Waals surface area (Å²) >= 11 is 1.40. The summed E-state index contributed by atoms with van der Waals surface area (Å²) in [5.74, 6) is -0.378. The molecule has 10 heteroatoms. The van der Waals surface area contributed by atoms with Gasteiger partial charge in [0.25, 0.3) is 11.4 Å². The predicted octanol–water partition coefficient (Wildman–Crippen LogP) is 3.71. The second-order valence-corrected chi connectivity index (χ2v) is 8.33. The van der Waals surface area contributed by atoms with Gasteiger partial charge < -0.3 is 9.26 Å². The van der Waals surface area contributed by atoms with E-state index in [0.717, 1.165) is 10.4 Å². The molecule has 0 bridgehead atoms. The highest BCUT2D eigenvalue weighted by Gasteiger charge is 2.23. The molecule has 33 heavy (non-hydrogen) atoms. The number of ether oxygens (including phenoxy) is 1. The van der Waals surface area contributed by atoms with Crippen LogP contribution in [0.2, 0.25) is 0 Å². The Labute approximate surface area is 191 Å². The summed E-state index contributed by atoms with van der Waals surface area (Å²) in [5, 5.41) is 3.89. The average molecular weight is 459 g/mol.